The van der Waals surface area contributed by atoms with Crippen LogP contribution in [0.1, 0.15) is 52.0 Å². The summed E-state index contributed by atoms with van der Waals surface area (Å²) in [4.78, 5) is 24.9. The third kappa shape index (κ3) is 4.54. The van der Waals surface area contributed by atoms with Crippen LogP contribution in [0.2, 0.25) is 0 Å². The molecule has 0 bridgehead atoms. The monoisotopic (exact) mass is 384 g/mol. The lowest BCUT2D eigenvalue weighted by molar-refractivity contribution is -0.146. The topological polar surface area (TPSA) is 63.6 Å². The molecule has 4 nitrogen and oxygen atoms in total. The van der Waals surface area contributed by atoms with Crippen molar-refractivity contribution in [3.05, 3.63) is 42.0 Å². The van der Waals surface area contributed by atoms with Crippen molar-refractivity contribution >= 4 is 17.8 Å². The van der Waals surface area contributed by atoms with Crippen LogP contribution in [0.3, 0.4) is 0 Å². The molecule has 1 aromatic carbocycles. The van der Waals surface area contributed by atoms with Crippen LogP contribution in [0, 0.1) is 29.6 Å². The van der Waals surface area contributed by atoms with E-state index in [0.717, 1.165) is 31.2 Å². The zero-order valence-electron chi connectivity index (χ0n) is 17.1. The average Bonchev–Trinajstić information content (AvgIpc) is 3.11. The minimum atomic E-state index is -0.694. The average molecular weight is 385 g/mol. The lowest BCUT2D eigenvalue weighted by atomic mass is 9.61. The van der Waals surface area contributed by atoms with E-state index in [1.807, 2.05) is 37.3 Å². The van der Waals surface area contributed by atoms with Crippen LogP contribution in [0.25, 0.3) is 6.08 Å². The first-order valence-electron chi connectivity index (χ1n) is 10.4. The van der Waals surface area contributed by atoms with E-state index in [-0.39, 0.29) is 30.1 Å². The van der Waals surface area contributed by atoms with Crippen LogP contribution in [0.15, 0.2) is 36.4 Å². The number of aliphatic hydroxyl groups is 1. The fraction of sp³-hybridized carbons (Fsp3) is 0.583. The minimum absolute atomic E-state index is 0.00249. The van der Waals surface area contributed by atoms with E-state index in [1.54, 1.807) is 6.08 Å². The van der Waals surface area contributed by atoms with Gasteiger partial charge in [-0.3, -0.25) is 4.79 Å². The number of Topliss-reactive ketones (excluding diaryl/α,β-unsaturated/α-hetero) is 1. The van der Waals surface area contributed by atoms with Gasteiger partial charge in [0.2, 0.25) is 0 Å². The van der Waals surface area contributed by atoms with E-state index in [2.05, 4.69) is 13.8 Å². The van der Waals surface area contributed by atoms with E-state index in [0.29, 0.717) is 11.8 Å². The molecule has 4 heteroatoms. The summed E-state index contributed by atoms with van der Waals surface area (Å²) in [6.07, 6.45) is 6.46. The fourth-order valence-corrected chi connectivity index (χ4v) is 5.36. The van der Waals surface area contributed by atoms with Gasteiger partial charge in [-0.2, -0.15) is 0 Å². The predicted molar refractivity (Wildman–Crippen MR) is 109 cm³/mol. The van der Waals surface area contributed by atoms with Gasteiger partial charge in [0, 0.05) is 12.0 Å². The molecule has 0 aliphatic heterocycles. The van der Waals surface area contributed by atoms with Crippen LogP contribution in [-0.2, 0) is 14.3 Å². The fourth-order valence-electron chi connectivity index (χ4n) is 5.36. The quantitative estimate of drug-likeness (QED) is 0.588. The van der Waals surface area contributed by atoms with Crippen LogP contribution >= 0.6 is 0 Å². The molecule has 1 N–H and O–H groups in total. The molecule has 2 aliphatic carbocycles. The lowest BCUT2D eigenvalue weighted by Gasteiger charge is -2.46. The maximum atomic E-state index is 12.9. The molecule has 2 saturated carbocycles. The van der Waals surface area contributed by atoms with Crippen molar-refractivity contribution < 1.29 is 19.4 Å². The summed E-state index contributed by atoms with van der Waals surface area (Å²) in [6.45, 7) is 6.15. The Labute approximate surface area is 168 Å². The molecule has 2 fully saturated rings. The first-order chi connectivity index (χ1) is 13.3. The van der Waals surface area contributed by atoms with Crippen molar-refractivity contribution in [1.29, 1.82) is 0 Å². The zero-order valence-corrected chi connectivity index (χ0v) is 17.1. The molecule has 5 unspecified atom stereocenters. The van der Waals surface area contributed by atoms with Gasteiger partial charge < -0.3 is 9.84 Å². The number of hydrogen-bond acceptors (Lipinski definition) is 4. The maximum absolute atomic E-state index is 12.9. The molecule has 2 aliphatic rings. The number of fused-ring (bicyclic) bond motifs is 1. The van der Waals surface area contributed by atoms with Gasteiger partial charge in [0.15, 0.2) is 12.4 Å². The van der Waals surface area contributed by atoms with Crippen molar-refractivity contribution in [1.82, 2.24) is 0 Å². The van der Waals surface area contributed by atoms with Gasteiger partial charge in [-0.1, -0.05) is 44.2 Å². The SMILES string of the molecule is CC(C)C1CCC(C)(O)C2CCC(C(=O)COC(=O)C=Cc3ccccc3)C12. The number of hydrogen-bond donors (Lipinski definition) is 1. The Bertz CT molecular complexity index is 719. The molecule has 0 spiro atoms. The third-order valence-corrected chi connectivity index (χ3v) is 6.83. The number of ether oxygens (including phenoxy) is 1. The van der Waals surface area contributed by atoms with Crippen molar-refractivity contribution in [2.75, 3.05) is 6.61 Å². The molecule has 1 aromatic rings. The van der Waals surface area contributed by atoms with Crippen molar-refractivity contribution in [3.8, 4) is 0 Å². The van der Waals surface area contributed by atoms with Crippen LogP contribution < -0.4 is 0 Å². The Kier molecular flexibility index (Phi) is 6.39. The third-order valence-electron chi connectivity index (χ3n) is 6.83. The highest BCUT2D eigenvalue weighted by Crippen LogP contribution is 2.54. The number of esters is 1. The summed E-state index contributed by atoms with van der Waals surface area (Å²) in [6, 6.07) is 9.50. The molecule has 0 amide bonds. The number of benzene rings is 1. The second-order valence-corrected chi connectivity index (χ2v) is 8.99. The molecular weight excluding hydrogens is 352 g/mol. The van der Waals surface area contributed by atoms with E-state index in [9.17, 15) is 14.7 Å². The summed E-state index contributed by atoms with van der Waals surface area (Å²) in [7, 11) is 0. The van der Waals surface area contributed by atoms with Gasteiger partial charge >= 0.3 is 5.97 Å². The standard InChI is InChI=1S/C24H32O4/c1-16(2)18-13-14-24(3,27)20-11-10-19(23(18)20)21(25)15-28-22(26)12-9-17-7-5-4-6-8-17/h4-9,12,16,18-20,23,27H,10-11,13-15H2,1-3H3. The summed E-state index contributed by atoms with van der Waals surface area (Å²) >= 11 is 0. The molecule has 0 radical (unpaired) electrons. The normalized spacial score (nSPS) is 32.5. The van der Waals surface area contributed by atoms with Gasteiger partial charge in [-0.25, -0.2) is 4.79 Å². The molecular formula is C24H32O4. The predicted octanol–water partition coefficient (Wildman–Crippen LogP) is 4.27. The molecule has 3 rings (SSSR count). The minimum Gasteiger partial charge on any atom is -0.455 e. The highest BCUT2D eigenvalue weighted by atomic mass is 16.5. The van der Waals surface area contributed by atoms with Gasteiger partial charge in [0.1, 0.15) is 0 Å². The van der Waals surface area contributed by atoms with E-state index < -0.39 is 11.6 Å². The smallest absolute Gasteiger partial charge is 0.331 e. The van der Waals surface area contributed by atoms with Gasteiger partial charge in [0.25, 0.3) is 0 Å². The summed E-state index contributed by atoms with van der Waals surface area (Å²) in [5, 5.41) is 10.8. The van der Waals surface area contributed by atoms with E-state index in [1.165, 1.54) is 6.08 Å². The Hall–Kier alpha value is -1.94. The molecule has 0 heterocycles. The van der Waals surface area contributed by atoms with E-state index >= 15 is 0 Å². The van der Waals surface area contributed by atoms with Crippen molar-refractivity contribution in [3.63, 3.8) is 0 Å². The number of ketones is 1. The molecule has 0 aromatic heterocycles. The first-order valence-corrected chi connectivity index (χ1v) is 10.4. The van der Waals surface area contributed by atoms with Gasteiger partial charge in [-0.05, 0) is 67.9 Å². The van der Waals surface area contributed by atoms with Crippen LogP contribution in [0.4, 0.5) is 0 Å². The number of carbonyl (C=O) groups excluding carboxylic acids is 2. The number of carbonyl (C=O) groups is 2. The van der Waals surface area contributed by atoms with Crippen molar-refractivity contribution in [2.45, 2.75) is 52.1 Å². The van der Waals surface area contributed by atoms with Crippen LogP contribution in [-0.4, -0.2) is 29.1 Å². The van der Waals surface area contributed by atoms with Crippen LogP contribution in [0.5, 0.6) is 0 Å². The maximum Gasteiger partial charge on any atom is 0.331 e. The molecule has 5 atom stereocenters. The number of rotatable bonds is 6. The summed E-state index contributed by atoms with van der Waals surface area (Å²) in [5.41, 5.74) is 0.217. The molecule has 0 saturated heterocycles. The van der Waals surface area contributed by atoms with Gasteiger partial charge in [0.05, 0.1) is 5.60 Å². The highest BCUT2D eigenvalue weighted by Gasteiger charge is 2.53. The van der Waals surface area contributed by atoms with Gasteiger partial charge in [-0.15, -0.1) is 0 Å². The zero-order chi connectivity index (χ0) is 20.3. The second-order valence-electron chi connectivity index (χ2n) is 8.99. The Morgan fingerprint density at radius 2 is 1.93 bits per heavy atom. The summed E-state index contributed by atoms with van der Waals surface area (Å²) in [5.74, 6) is 0.657. The molecule has 28 heavy (non-hydrogen) atoms. The Balaban J connectivity index is 1.60. The largest absolute Gasteiger partial charge is 0.455 e. The lowest BCUT2D eigenvalue weighted by Crippen LogP contribution is -2.48. The molecule has 152 valence electrons. The summed E-state index contributed by atoms with van der Waals surface area (Å²) < 4.78 is 5.23. The van der Waals surface area contributed by atoms with Crippen molar-refractivity contribution in [2.24, 2.45) is 29.6 Å². The first kappa shape index (κ1) is 20.8. The van der Waals surface area contributed by atoms with E-state index in [4.69, 9.17) is 4.74 Å². The second kappa shape index (κ2) is 8.60. The highest BCUT2D eigenvalue weighted by molar-refractivity contribution is 5.90. The Morgan fingerprint density at radius 3 is 2.61 bits per heavy atom. The Morgan fingerprint density at radius 1 is 1.21 bits per heavy atom.